The van der Waals surface area contributed by atoms with Crippen molar-refractivity contribution in [1.82, 2.24) is 4.98 Å². The average Bonchev–Trinajstić information content (AvgIpc) is 2.92. The Morgan fingerprint density at radius 3 is 2.45 bits per heavy atom. The lowest BCUT2D eigenvalue weighted by atomic mass is 10.1. The molecule has 0 radical (unpaired) electrons. The van der Waals surface area contributed by atoms with Gasteiger partial charge in [-0.25, -0.2) is 0 Å². The predicted molar refractivity (Wildman–Crippen MR) is 94.5 cm³/mol. The van der Waals surface area contributed by atoms with Crippen molar-refractivity contribution in [3.05, 3.63) is 77.3 Å². The van der Waals surface area contributed by atoms with Gasteiger partial charge in [0.05, 0.1) is 5.69 Å². The van der Waals surface area contributed by atoms with Gasteiger partial charge in [-0.3, -0.25) is 4.99 Å². The minimum Gasteiger partial charge on any atom is -0.354 e. The van der Waals surface area contributed by atoms with E-state index in [9.17, 15) is 0 Å². The van der Waals surface area contributed by atoms with Gasteiger partial charge in [0, 0.05) is 33.0 Å². The van der Waals surface area contributed by atoms with Gasteiger partial charge in [0.1, 0.15) is 0 Å². The van der Waals surface area contributed by atoms with E-state index in [4.69, 9.17) is 11.6 Å². The molecule has 0 bridgehead atoms. The maximum absolute atomic E-state index is 5.88. The number of nitrogens with one attached hydrogen (secondary N) is 1. The first-order valence-corrected chi connectivity index (χ1v) is 7.47. The second-order valence-corrected chi connectivity index (χ2v) is 5.65. The molecule has 0 aliphatic rings. The molecule has 0 saturated heterocycles. The molecule has 0 fully saturated rings. The van der Waals surface area contributed by atoms with Gasteiger partial charge in [0.25, 0.3) is 0 Å². The standard InChI is InChI=1S/C19H13ClN2/c20-14-7-5-13(6-8-14)12-21-15-9-10-17-16-3-1-2-4-18(16)22-19(17)11-15/h1-12,22H. The smallest absolute Gasteiger partial charge is 0.0650 e. The van der Waals surface area contributed by atoms with Crippen LogP contribution in [0.5, 0.6) is 0 Å². The van der Waals surface area contributed by atoms with E-state index in [0.29, 0.717) is 0 Å². The molecular formula is C19H13ClN2. The SMILES string of the molecule is Clc1ccc(C=Nc2ccc3c(c2)[nH]c2ccccc23)cc1. The second-order valence-electron chi connectivity index (χ2n) is 5.21. The Hall–Kier alpha value is -2.58. The summed E-state index contributed by atoms with van der Waals surface area (Å²) >= 11 is 5.88. The number of H-pyrrole nitrogens is 1. The number of hydrogen-bond acceptors (Lipinski definition) is 1. The first-order chi connectivity index (χ1) is 10.8. The first kappa shape index (κ1) is 13.1. The van der Waals surface area contributed by atoms with Crippen LogP contribution in [0.15, 0.2) is 71.7 Å². The highest BCUT2D eigenvalue weighted by molar-refractivity contribution is 6.30. The molecule has 4 aromatic rings. The number of rotatable bonds is 2. The fourth-order valence-electron chi connectivity index (χ4n) is 2.62. The summed E-state index contributed by atoms with van der Waals surface area (Å²) in [5, 5.41) is 3.20. The fourth-order valence-corrected chi connectivity index (χ4v) is 2.75. The number of nitrogens with zero attached hydrogens (tertiary/aromatic N) is 1. The molecule has 0 unspecified atom stereocenters. The van der Waals surface area contributed by atoms with Crippen molar-refractivity contribution < 1.29 is 0 Å². The number of aliphatic imine (C=N–C) groups is 1. The number of para-hydroxylation sites is 1. The molecule has 0 amide bonds. The van der Waals surface area contributed by atoms with Crippen LogP contribution in [0.4, 0.5) is 5.69 Å². The van der Waals surface area contributed by atoms with Crippen LogP contribution < -0.4 is 0 Å². The molecular weight excluding hydrogens is 292 g/mol. The van der Waals surface area contributed by atoms with Crippen molar-refractivity contribution in [3.8, 4) is 0 Å². The third-order valence-corrected chi connectivity index (χ3v) is 3.97. The van der Waals surface area contributed by atoms with Gasteiger partial charge in [-0.1, -0.05) is 48.0 Å². The molecule has 2 nitrogen and oxygen atoms in total. The Morgan fingerprint density at radius 2 is 1.59 bits per heavy atom. The first-order valence-electron chi connectivity index (χ1n) is 7.10. The van der Waals surface area contributed by atoms with Crippen LogP contribution in [0.1, 0.15) is 5.56 Å². The van der Waals surface area contributed by atoms with Gasteiger partial charge in [-0.2, -0.15) is 0 Å². The molecule has 22 heavy (non-hydrogen) atoms. The van der Waals surface area contributed by atoms with Crippen LogP contribution in [0.25, 0.3) is 21.8 Å². The van der Waals surface area contributed by atoms with Crippen LogP contribution in [0.3, 0.4) is 0 Å². The summed E-state index contributed by atoms with van der Waals surface area (Å²) in [4.78, 5) is 7.97. The normalized spacial score (nSPS) is 11.7. The van der Waals surface area contributed by atoms with Gasteiger partial charge in [-0.15, -0.1) is 0 Å². The lowest BCUT2D eigenvalue weighted by molar-refractivity contribution is 1.51. The van der Waals surface area contributed by atoms with Gasteiger partial charge < -0.3 is 4.98 Å². The van der Waals surface area contributed by atoms with Gasteiger partial charge in [0.15, 0.2) is 0 Å². The van der Waals surface area contributed by atoms with Crippen LogP contribution in [-0.4, -0.2) is 11.2 Å². The average molecular weight is 305 g/mol. The molecule has 0 atom stereocenters. The minimum atomic E-state index is 0.733. The third-order valence-electron chi connectivity index (χ3n) is 3.72. The van der Waals surface area contributed by atoms with Crippen LogP contribution in [-0.2, 0) is 0 Å². The summed E-state index contributed by atoms with van der Waals surface area (Å²) in [5.41, 5.74) is 4.21. The number of halogens is 1. The van der Waals surface area contributed by atoms with Crippen molar-refractivity contribution in [2.75, 3.05) is 0 Å². The Balaban J connectivity index is 1.73. The van der Waals surface area contributed by atoms with E-state index >= 15 is 0 Å². The highest BCUT2D eigenvalue weighted by Gasteiger charge is 2.03. The molecule has 1 N–H and O–H groups in total. The molecule has 0 aliphatic heterocycles. The molecule has 106 valence electrons. The van der Waals surface area contributed by atoms with Crippen molar-refractivity contribution in [1.29, 1.82) is 0 Å². The zero-order valence-electron chi connectivity index (χ0n) is 11.8. The summed E-state index contributed by atoms with van der Waals surface area (Å²) in [6.07, 6.45) is 1.85. The van der Waals surface area contributed by atoms with E-state index in [0.717, 1.165) is 27.3 Å². The molecule has 0 aliphatic carbocycles. The van der Waals surface area contributed by atoms with Crippen molar-refractivity contribution >= 4 is 45.3 Å². The largest absolute Gasteiger partial charge is 0.354 e. The maximum Gasteiger partial charge on any atom is 0.0650 e. The van der Waals surface area contributed by atoms with E-state index < -0.39 is 0 Å². The minimum absolute atomic E-state index is 0.733. The molecule has 1 aromatic heterocycles. The topological polar surface area (TPSA) is 28.1 Å². The van der Waals surface area contributed by atoms with E-state index in [1.54, 1.807) is 0 Å². The van der Waals surface area contributed by atoms with Crippen LogP contribution in [0.2, 0.25) is 5.02 Å². The molecule has 0 spiro atoms. The Kier molecular flexibility index (Phi) is 3.17. The zero-order valence-corrected chi connectivity index (χ0v) is 12.5. The van der Waals surface area contributed by atoms with Crippen molar-refractivity contribution in [2.24, 2.45) is 4.99 Å². The summed E-state index contributed by atoms with van der Waals surface area (Å²) in [7, 11) is 0. The zero-order chi connectivity index (χ0) is 14.9. The van der Waals surface area contributed by atoms with Crippen molar-refractivity contribution in [2.45, 2.75) is 0 Å². The Morgan fingerprint density at radius 1 is 0.818 bits per heavy atom. The number of aromatic nitrogens is 1. The van der Waals surface area contributed by atoms with Crippen LogP contribution in [0, 0.1) is 0 Å². The quantitative estimate of drug-likeness (QED) is 0.458. The van der Waals surface area contributed by atoms with Crippen molar-refractivity contribution in [3.63, 3.8) is 0 Å². The monoisotopic (exact) mass is 304 g/mol. The lowest BCUT2D eigenvalue weighted by Gasteiger charge is -1.96. The fraction of sp³-hybridized carbons (Fsp3) is 0. The summed E-state index contributed by atoms with van der Waals surface area (Å²) in [5.74, 6) is 0. The maximum atomic E-state index is 5.88. The molecule has 3 aromatic carbocycles. The highest BCUT2D eigenvalue weighted by Crippen LogP contribution is 2.28. The number of fused-ring (bicyclic) bond motifs is 3. The Bertz CT molecular complexity index is 981. The van der Waals surface area contributed by atoms with Gasteiger partial charge in [0.2, 0.25) is 0 Å². The number of hydrogen-bond donors (Lipinski definition) is 1. The number of aromatic amines is 1. The molecule has 1 heterocycles. The van der Waals surface area contributed by atoms with Crippen LogP contribution >= 0.6 is 11.6 Å². The third kappa shape index (κ3) is 2.38. The molecule has 3 heteroatoms. The predicted octanol–water partition coefficient (Wildman–Crippen LogP) is 5.73. The van der Waals surface area contributed by atoms with E-state index in [1.807, 2.05) is 42.6 Å². The van der Waals surface area contributed by atoms with E-state index in [1.165, 1.54) is 10.8 Å². The lowest BCUT2D eigenvalue weighted by Crippen LogP contribution is -1.79. The van der Waals surface area contributed by atoms with E-state index in [2.05, 4.69) is 40.3 Å². The number of benzene rings is 3. The Labute approximate surface area is 133 Å². The van der Waals surface area contributed by atoms with Gasteiger partial charge in [-0.05, 0) is 35.9 Å². The molecule has 0 saturated carbocycles. The summed E-state index contributed by atoms with van der Waals surface area (Å²) in [6.45, 7) is 0. The van der Waals surface area contributed by atoms with Gasteiger partial charge >= 0.3 is 0 Å². The summed E-state index contributed by atoms with van der Waals surface area (Å²) < 4.78 is 0. The second kappa shape index (κ2) is 5.32. The van der Waals surface area contributed by atoms with E-state index in [-0.39, 0.29) is 0 Å². The molecule has 4 rings (SSSR count). The summed E-state index contributed by atoms with van der Waals surface area (Å²) in [6, 6.07) is 22.2. The highest BCUT2D eigenvalue weighted by atomic mass is 35.5.